The SMILES string of the molecule is NCc1c(-c2ccccc2Br)nc2ccc(F)cn12. The predicted molar refractivity (Wildman–Crippen MR) is 76.2 cm³/mol. The molecule has 0 spiro atoms. The smallest absolute Gasteiger partial charge is 0.139 e. The lowest BCUT2D eigenvalue weighted by molar-refractivity contribution is 0.618. The number of aromatic nitrogens is 2. The zero-order valence-electron chi connectivity index (χ0n) is 9.98. The van der Waals surface area contributed by atoms with Gasteiger partial charge in [0.15, 0.2) is 0 Å². The van der Waals surface area contributed by atoms with Crippen molar-refractivity contribution in [1.29, 1.82) is 0 Å². The van der Waals surface area contributed by atoms with E-state index in [1.807, 2.05) is 24.3 Å². The van der Waals surface area contributed by atoms with Gasteiger partial charge in [0.05, 0.1) is 11.4 Å². The van der Waals surface area contributed by atoms with Crippen LogP contribution in [0.25, 0.3) is 16.9 Å². The van der Waals surface area contributed by atoms with Gasteiger partial charge in [0.2, 0.25) is 0 Å². The van der Waals surface area contributed by atoms with Crippen LogP contribution >= 0.6 is 15.9 Å². The van der Waals surface area contributed by atoms with Gasteiger partial charge >= 0.3 is 0 Å². The molecular weight excluding hydrogens is 309 g/mol. The standard InChI is InChI=1S/C14H11BrFN3/c15-11-4-2-1-3-10(11)14-12(7-17)19-8-9(16)5-6-13(19)18-14/h1-6,8H,7,17H2. The Balaban J connectivity index is 2.33. The van der Waals surface area contributed by atoms with Gasteiger partial charge in [-0.1, -0.05) is 34.1 Å². The molecule has 2 N–H and O–H groups in total. The lowest BCUT2D eigenvalue weighted by atomic mass is 10.1. The second-order valence-electron chi connectivity index (χ2n) is 4.17. The van der Waals surface area contributed by atoms with Crippen LogP contribution in [0.2, 0.25) is 0 Å². The maximum absolute atomic E-state index is 13.3. The number of rotatable bonds is 2. The predicted octanol–water partition coefficient (Wildman–Crippen LogP) is 3.36. The highest BCUT2D eigenvalue weighted by atomic mass is 79.9. The summed E-state index contributed by atoms with van der Waals surface area (Å²) in [6.07, 6.45) is 1.41. The number of fused-ring (bicyclic) bond motifs is 1. The Bertz CT molecular complexity index is 752. The van der Waals surface area contributed by atoms with Gasteiger partial charge in [0.25, 0.3) is 0 Å². The highest BCUT2D eigenvalue weighted by Gasteiger charge is 2.14. The van der Waals surface area contributed by atoms with Crippen LogP contribution < -0.4 is 5.73 Å². The quantitative estimate of drug-likeness (QED) is 0.787. The van der Waals surface area contributed by atoms with Gasteiger partial charge < -0.3 is 5.73 Å². The second kappa shape index (κ2) is 4.75. The molecule has 5 heteroatoms. The molecule has 0 atom stereocenters. The van der Waals surface area contributed by atoms with Crippen LogP contribution in [0.5, 0.6) is 0 Å². The van der Waals surface area contributed by atoms with Crippen molar-refractivity contribution >= 4 is 21.6 Å². The van der Waals surface area contributed by atoms with Crippen molar-refractivity contribution in [1.82, 2.24) is 9.38 Å². The van der Waals surface area contributed by atoms with Crippen LogP contribution in [0.1, 0.15) is 5.69 Å². The first-order chi connectivity index (χ1) is 9.20. The van der Waals surface area contributed by atoms with E-state index in [0.29, 0.717) is 12.2 Å². The van der Waals surface area contributed by atoms with E-state index in [4.69, 9.17) is 5.73 Å². The summed E-state index contributed by atoms with van der Waals surface area (Å²) in [7, 11) is 0. The monoisotopic (exact) mass is 319 g/mol. The lowest BCUT2D eigenvalue weighted by Crippen LogP contribution is -2.03. The zero-order valence-corrected chi connectivity index (χ0v) is 11.6. The Morgan fingerprint density at radius 1 is 1.21 bits per heavy atom. The normalized spacial score (nSPS) is 11.1. The summed E-state index contributed by atoms with van der Waals surface area (Å²) < 4.78 is 16.0. The van der Waals surface area contributed by atoms with Gasteiger partial charge in [-0.15, -0.1) is 0 Å². The molecule has 2 heterocycles. The number of nitrogens with zero attached hydrogens (tertiary/aromatic N) is 2. The van der Waals surface area contributed by atoms with E-state index in [2.05, 4.69) is 20.9 Å². The van der Waals surface area contributed by atoms with E-state index in [-0.39, 0.29) is 5.82 Å². The van der Waals surface area contributed by atoms with E-state index < -0.39 is 0 Å². The average Bonchev–Trinajstić information content (AvgIpc) is 2.76. The Labute approximate surface area is 118 Å². The number of nitrogens with two attached hydrogens (primary N) is 1. The van der Waals surface area contributed by atoms with Crippen molar-refractivity contribution in [3.63, 3.8) is 0 Å². The minimum absolute atomic E-state index is 0.293. The van der Waals surface area contributed by atoms with E-state index in [9.17, 15) is 4.39 Å². The van der Waals surface area contributed by atoms with E-state index in [1.54, 1.807) is 10.5 Å². The van der Waals surface area contributed by atoms with Gasteiger partial charge in [-0.3, -0.25) is 4.40 Å². The van der Waals surface area contributed by atoms with Crippen molar-refractivity contribution < 1.29 is 4.39 Å². The molecule has 0 saturated heterocycles. The average molecular weight is 320 g/mol. The molecule has 0 radical (unpaired) electrons. The summed E-state index contributed by atoms with van der Waals surface area (Å²) in [5, 5.41) is 0. The molecule has 0 fully saturated rings. The largest absolute Gasteiger partial charge is 0.325 e. The minimum Gasteiger partial charge on any atom is -0.325 e. The number of benzene rings is 1. The maximum atomic E-state index is 13.3. The van der Waals surface area contributed by atoms with Crippen LogP contribution in [-0.4, -0.2) is 9.38 Å². The molecule has 0 aliphatic heterocycles. The summed E-state index contributed by atoms with van der Waals surface area (Å²) in [5.41, 5.74) is 9.01. The fourth-order valence-electron chi connectivity index (χ4n) is 2.13. The third kappa shape index (κ3) is 2.05. The Hall–Kier alpha value is -1.72. The van der Waals surface area contributed by atoms with Crippen molar-refractivity contribution in [2.75, 3.05) is 0 Å². The number of hydrogen-bond acceptors (Lipinski definition) is 2. The van der Waals surface area contributed by atoms with Crippen LogP contribution in [0, 0.1) is 5.82 Å². The Kier molecular flexibility index (Phi) is 3.08. The topological polar surface area (TPSA) is 43.3 Å². The van der Waals surface area contributed by atoms with Crippen molar-refractivity contribution in [3.8, 4) is 11.3 Å². The minimum atomic E-state index is -0.307. The number of halogens is 2. The van der Waals surface area contributed by atoms with Crippen LogP contribution in [0.3, 0.4) is 0 Å². The van der Waals surface area contributed by atoms with E-state index in [0.717, 1.165) is 21.4 Å². The summed E-state index contributed by atoms with van der Waals surface area (Å²) in [6, 6.07) is 10.8. The first kappa shape index (κ1) is 12.3. The van der Waals surface area contributed by atoms with Crippen LogP contribution in [-0.2, 0) is 6.54 Å². The molecule has 3 aromatic rings. The van der Waals surface area contributed by atoms with Crippen LogP contribution in [0.15, 0.2) is 47.1 Å². The first-order valence-electron chi connectivity index (χ1n) is 5.82. The first-order valence-corrected chi connectivity index (χ1v) is 6.61. The molecule has 0 saturated carbocycles. The molecule has 2 aromatic heterocycles. The number of pyridine rings is 1. The summed E-state index contributed by atoms with van der Waals surface area (Å²) >= 11 is 3.50. The third-order valence-corrected chi connectivity index (χ3v) is 3.70. The van der Waals surface area contributed by atoms with Gasteiger partial charge in [-0.25, -0.2) is 9.37 Å². The number of hydrogen-bond donors (Lipinski definition) is 1. The van der Waals surface area contributed by atoms with Crippen molar-refractivity contribution in [3.05, 3.63) is 58.6 Å². The summed E-state index contributed by atoms with van der Waals surface area (Å²) in [5.74, 6) is -0.307. The van der Waals surface area contributed by atoms with Gasteiger partial charge in [-0.2, -0.15) is 0 Å². The molecular formula is C14H11BrFN3. The third-order valence-electron chi connectivity index (χ3n) is 3.00. The van der Waals surface area contributed by atoms with Gasteiger partial charge in [0, 0.05) is 22.8 Å². The summed E-state index contributed by atoms with van der Waals surface area (Å²) in [6.45, 7) is 0.293. The van der Waals surface area contributed by atoms with Gasteiger partial charge in [-0.05, 0) is 18.2 Å². The van der Waals surface area contributed by atoms with Crippen LogP contribution in [0.4, 0.5) is 4.39 Å². The fourth-order valence-corrected chi connectivity index (χ4v) is 2.60. The molecule has 19 heavy (non-hydrogen) atoms. The maximum Gasteiger partial charge on any atom is 0.139 e. The fraction of sp³-hybridized carbons (Fsp3) is 0.0714. The molecule has 96 valence electrons. The Morgan fingerprint density at radius 3 is 2.74 bits per heavy atom. The highest BCUT2D eigenvalue weighted by molar-refractivity contribution is 9.10. The zero-order chi connectivity index (χ0) is 13.4. The molecule has 3 nitrogen and oxygen atoms in total. The molecule has 1 aromatic carbocycles. The van der Waals surface area contributed by atoms with Crippen molar-refractivity contribution in [2.24, 2.45) is 5.73 Å². The molecule has 0 aliphatic carbocycles. The molecule has 0 bridgehead atoms. The molecule has 0 unspecified atom stereocenters. The van der Waals surface area contributed by atoms with E-state index in [1.165, 1.54) is 12.3 Å². The summed E-state index contributed by atoms with van der Waals surface area (Å²) in [4.78, 5) is 4.54. The highest BCUT2D eigenvalue weighted by Crippen LogP contribution is 2.30. The molecule has 0 amide bonds. The van der Waals surface area contributed by atoms with Crippen molar-refractivity contribution in [2.45, 2.75) is 6.54 Å². The Morgan fingerprint density at radius 2 is 2.00 bits per heavy atom. The second-order valence-corrected chi connectivity index (χ2v) is 5.02. The van der Waals surface area contributed by atoms with Gasteiger partial charge in [0.1, 0.15) is 11.5 Å². The number of imidazole rings is 1. The molecule has 0 aliphatic rings. The van der Waals surface area contributed by atoms with E-state index >= 15 is 0 Å². The lowest BCUT2D eigenvalue weighted by Gasteiger charge is -2.04. The molecule has 3 rings (SSSR count).